The first kappa shape index (κ1) is 14.0. The Morgan fingerprint density at radius 3 is 2.76 bits per heavy atom. The maximum absolute atomic E-state index is 13.8. The Hall–Kier alpha value is -1.91. The van der Waals surface area contributed by atoms with Crippen molar-refractivity contribution in [3.05, 3.63) is 35.6 Å². The molecule has 1 unspecified atom stereocenters. The van der Waals surface area contributed by atoms with Gasteiger partial charge in [0.1, 0.15) is 5.82 Å². The number of nitrogens with zero attached hydrogens (tertiary/aromatic N) is 1. The van der Waals surface area contributed by atoms with E-state index in [2.05, 4.69) is 0 Å². The average molecular weight is 291 g/mol. The first-order chi connectivity index (χ1) is 9.98. The van der Waals surface area contributed by atoms with E-state index in [4.69, 9.17) is 4.74 Å². The number of halogens is 1. The fraction of sp³-hybridized carbons (Fsp3) is 0.500. The number of carbonyl (C=O) groups is 2. The molecule has 2 aliphatic rings. The van der Waals surface area contributed by atoms with Gasteiger partial charge in [0.2, 0.25) is 5.91 Å². The number of carbonyl (C=O) groups excluding carboxylic acids is 2. The molecule has 3 rings (SSSR count). The van der Waals surface area contributed by atoms with E-state index in [1.807, 2.05) is 13.0 Å². The minimum Gasteiger partial charge on any atom is -0.465 e. The topological polar surface area (TPSA) is 46.6 Å². The Morgan fingerprint density at radius 1 is 1.43 bits per heavy atom. The molecule has 0 aliphatic carbocycles. The Kier molecular flexibility index (Phi) is 3.43. The summed E-state index contributed by atoms with van der Waals surface area (Å²) in [6, 6.07) is 6.71. The monoisotopic (exact) mass is 291 g/mol. The van der Waals surface area contributed by atoms with E-state index in [1.165, 1.54) is 6.07 Å². The fourth-order valence-electron chi connectivity index (χ4n) is 3.17. The van der Waals surface area contributed by atoms with Crippen LogP contribution in [0.3, 0.4) is 0 Å². The molecular formula is C16H18FNO3. The maximum Gasteiger partial charge on any atom is 0.306 e. The minimum atomic E-state index is -0.316. The second-order valence-corrected chi connectivity index (χ2v) is 6.25. The normalized spacial score (nSPS) is 23.6. The molecule has 4 nitrogen and oxygen atoms in total. The molecule has 0 bridgehead atoms. The number of cyclic esters (lactones) is 1. The summed E-state index contributed by atoms with van der Waals surface area (Å²) >= 11 is 0. The lowest BCUT2D eigenvalue weighted by Crippen LogP contribution is -2.60. The molecule has 2 fully saturated rings. The molecule has 0 spiro atoms. The summed E-state index contributed by atoms with van der Waals surface area (Å²) in [6.07, 6.45) is 0.656. The van der Waals surface area contributed by atoms with E-state index in [-0.39, 0.29) is 29.0 Å². The van der Waals surface area contributed by atoms with Crippen LogP contribution in [-0.4, -0.2) is 36.5 Å². The molecule has 0 N–H and O–H groups in total. The number of ether oxygens (including phenoxy) is 1. The van der Waals surface area contributed by atoms with Gasteiger partial charge in [-0.3, -0.25) is 9.59 Å². The molecule has 5 heteroatoms. The van der Waals surface area contributed by atoms with Crippen molar-refractivity contribution in [2.24, 2.45) is 5.92 Å². The number of esters is 1. The van der Waals surface area contributed by atoms with Gasteiger partial charge in [-0.15, -0.1) is 0 Å². The Labute approximate surface area is 122 Å². The molecule has 0 saturated carbocycles. The molecule has 1 atom stereocenters. The summed E-state index contributed by atoms with van der Waals surface area (Å²) in [5.74, 6) is -0.438. The summed E-state index contributed by atoms with van der Waals surface area (Å²) in [5.41, 5.74) is 0.344. The zero-order chi connectivity index (χ0) is 15.0. The van der Waals surface area contributed by atoms with Crippen molar-refractivity contribution in [2.45, 2.75) is 25.2 Å². The van der Waals surface area contributed by atoms with E-state index < -0.39 is 0 Å². The van der Waals surface area contributed by atoms with Crippen LogP contribution < -0.4 is 0 Å². The van der Waals surface area contributed by atoms with Gasteiger partial charge in [-0.1, -0.05) is 25.1 Å². The number of rotatable bonds is 3. The fourth-order valence-corrected chi connectivity index (χ4v) is 3.17. The van der Waals surface area contributed by atoms with E-state index in [9.17, 15) is 14.0 Å². The maximum atomic E-state index is 13.8. The summed E-state index contributed by atoms with van der Waals surface area (Å²) in [7, 11) is 0. The second-order valence-electron chi connectivity index (χ2n) is 6.25. The molecule has 1 aromatic carbocycles. The van der Waals surface area contributed by atoms with Crippen LogP contribution >= 0.6 is 0 Å². The predicted molar refractivity (Wildman–Crippen MR) is 74.0 cm³/mol. The highest BCUT2D eigenvalue weighted by molar-refractivity contribution is 5.79. The smallest absolute Gasteiger partial charge is 0.306 e. The summed E-state index contributed by atoms with van der Waals surface area (Å²) in [6.45, 7) is 3.35. The second kappa shape index (κ2) is 5.13. The molecule has 1 amide bonds. The van der Waals surface area contributed by atoms with Crippen molar-refractivity contribution in [1.29, 1.82) is 0 Å². The van der Waals surface area contributed by atoms with Gasteiger partial charge in [0.25, 0.3) is 0 Å². The third kappa shape index (κ3) is 2.64. The Morgan fingerprint density at radius 2 is 2.14 bits per heavy atom. The number of benzene rings is 1. The highest BCUT2D eigenvalue weighted by atomic mass is 19.1. The molecule has 2 heterocycles. The molecule has 2 saturated heterocycles. The quantitative estimate of drug-likeness (QED) is 0.799. The van der Waals surface area contributed by atoms with Crippen LogP contribution in [0.2, 0.25) is 0 Å². The van der Waals surface area contributed by atoms with Crippen molar-refractivity contribution in [2.75, 3.05) is 19.7 Å². The van der Waals surface area contributed by atoms with Crippen molar-refractivity contribution in [3.63, 3.8) is 0 Å². The number of hydrogen-bond donors (Lipinski definition) is 0. The number of hydrogen-bond acceptors (Lipinski definition) is 3. The van der Waals surface area contributed by atoms with Crippen LogP contribution in [0.5, 0.6) is 0 Å². The minimum absolute atomic E-state index is 0.00897. The Balaban J connectivity index is 1.58. The van der Waals surface area contributed by atoms with Gasteiger partial charge in [0.15, 0.2) is 0 Å². The van der Waals surface area contributed by atoms with Gasteiger partial charge in [-0.25, -0.2) is 4.39 Å². The molecule has 21 heavy (non-hydrogen) atoms. The number of likely N-dealkylation sites (tertiary alicyclic amines) is 1. The van der Waals surface area contributed by atoms with Gasteiger partial charge < -0.3 is 9.64 Å². The lowest BCUT2D eigenvalue weighted by Gasteiger charge is -2.48. The molecule has 0 aromatic heterocycles. The SMILES string of the molecule is CC1(c2ccccc2F)CN(C(=O)CC2COC(=O)C2)C1. The van der Waals surface area contributed by atoms with Crippen LogP contribution in [0.1, 0.15) is 25.3 Å². The first-order valence-corrected chi connectivity index (χ1v) is 7.16. The third-order valence-corrected chi connectivity index (χ3v) is 4.36. The summed E-state index contributed by atoms with van der Waals surface area (Å²) < 4.78 is 18.7. The van der Waals surface area contributed by atoms with E-state index >= 15 is 0 Å². The summed E-state index contributed by atoms with van der Waals surface area (Å²) in [5, 5.41) is 0. The third-order valence-electron chi connectivity index (χ3n) is 4.36. The van der Waals surface area contributed by atoms with Gasteiger partial charge in [-0.05, 0) is 11.6 Å². The van der Waals surface area contributed by atoms with Crippen LogP contribution in [-0.2, 0) is 19.7 Å². The lowest BCUT2D eigenvalue weighted by molar-refractivity contribution is -0.140. The van der Waals surface area contributed by atoms with E-state index in [1.54, 1.807) is 17.0 Å². The van der Waals surface area contributed by atoms with Crippen LogP contribution in [0.15, 0.2) is 24.3 Å². The van der Waals surface area contributed by atoms with Gasteiger partial charge in [0.05, 0.1) is 13.0 Å². The van der Waals surface area contributed by atoms with Crippen molar-refractivity contribution >= 4 is 11.9 Å². The largest absolute Gasteiger partial charge is 0.465 e. The van der Waals surface area contributed by atoms with Gasteiger partial charge in [-0.2, -0.15) is 0 Å². The molecule has 112 valence electrons. The van der Waals surface area contributed by atoms with E-state index in [0.29, 0.717) is 38.1 Å². The van der Waals surface area contributed by atoms with Gasteiger partial charge in [0, 0.05) is 30.8 Å². The number of amides is 1. The highest BCUT2D eigenvalue weighted by Gasteiger charge is 2.44. The average Bonchev–Trinajstić information content (AvgIpc) is 2.81. The summed E-state index contributed by atoms with van der Waals surface area (Å²) in [4.78, 5) is 24.9. The molecule has 1 aromatic rings. The zero-order valence-electron chi connectivity index (χ0n) is 12.0. The molecule has 0 radical (unpaired) electrons. The molecule has 2 aliphatic heterocycles. The van der Waals surface area contributed by atoms with Crippen LogP contribution in [0, 0.1) is 11.7 Å². The highest BCUT2D eigenvalue weighted by Crippen LogP contribution is 2.36. The first-order valence-electron chi connectivity index (χ1n) is 7.16. The predicted octanol–water partition coefficient (Wildman–Crippen LogP) is 1.88. The lowest BCUT2D eigenvalue weighted by atomic mass is 9.75. The Bertz CT molecular complexity index is 581. The van der Waals surface area contributed by atoms with Crippen molar-refractivity contribution < 1.29 is 18.7 Å². The van der Waals surface area contributed by atoms with Crippen LogP contribution in [0.25, 0.3) is 0 Å². The van der Waals surface area contributed by atoms with Crippen LogP contribution in [0.4, 0.5) is 4.39 Å². The van der Waals surface area contributed by atoms with Gasteiger partial charge >= 0.3 is 5.97 Å². The van der Waals surface area contributed by atoms with E-state index in [0.717, 1.165) is 0 Å². The van der Waals surface area contributed by atoms with Crippen molar-refractivity contribution in [3.8, 4) is 0 Å². The standard InChI is InChI=1S/C16H18FNO3/c1-16(12-4-2-3-5-13(12)17)9-18(10-16)14(19)6-11-7-15(20)21-8-11/h2-5,11H,6-10H2,1H3. The van der Waals surface area contributed by atoms with Crippen molar-refractivity contribution in [1.82, 2.24) is 4.90 Å². The molecular weight excluding hydrogens is 273 g/mol. The zero-order valence-corrected chi connectivity index (χ0v) is 12.0.